The highest BCUT2D eigenvalue weighted by atomic mass is 32.2. The number of methoxy groups -OCH3 is 2. The first-order valence-electron chi connectivity index (χ1n) is 9.90. The highest BCUT2D eigenvalue weighted by molar-refractivity contribution is 7.89. The molecule has 1 fully saturated rings. The molecule has 0 aliphatic carbocycles. The van der Waals surface area contributed by atoms with Gasteiger partial charge in [-0.05, 0) is 44.0 Å². The average Bonchev–Trinajstić information content (AvgIpc) is 2.78. The van der Waals surface area contributed by atoms with Gasteiger partial charge in [-0.25, -0.2) is 8.42 Å². The van der Waals surface area contributed by atoms with Crippen LogP contribution in [0.5, 0.6) is 11.5 Å². The number of amides is 1. The molecule has 1 aliphatic heterocycles. The molecule has 0 saturated carbocycles. The number of nitrogens with one attached hydrogen (secondary N) is 1. The highest BCUT2D eigenvalue weighted by Gasteiger charge is 2.35. The van der Waals surface area contributed by atoms with Crippen LogP contribution in [-0.4, -0.2) is 51.7 Å². The predicted octanol–water partition coefficient (Wildman–Crippen LogP) is 2.95. The maximum Gasteiger partial charge on any atom is 0.246 e. The van der Waals surface area contributed by atoms with E-state index in [1.807, 2.05) is 0 Å². The summed E-state index contributed by atoms with van der Waals surface area (Å²) < 4.78 is 38.3. The molecule has 0 radical (unpaired) electrons. The highest BCUT2D eigenvalue weighted by Crippen LogP contribution is 2.33. The van der Waals surface area contributed by atoms with E-state index in [4.69, 9.17) is 9.47 Å². The summed E-state index contributed by atoms with van der Waals surface area (Å²) in [5.74, 6) is -0.276. The first-order valence-corrected chi connectivity index (χ1v) is 11.3. The number of piperidine rings is 1. The lowest BCUT2D eigenvalue weighted by Gasteiger charge is -2.31. The van der Waals surface area contributed by atoms with Crippen LogP contribution in [0.2, 0.25) is 0 Å². The summed E-state index contributed by atoms with van der Waals surface area (Å²) >= 11 is 0. The molecule has 8 nitrogen and oxygen atoms in total. The number of sulfonamides is 1. The van der Waals surface area contributed by atoms with Crippen molar-refractivity contribution in [3.8, 4) is 11.5 Å². The molecule has 9 heteroatoms. The fourth-order valence-corrected chi connectivity index (χ4v) is 5.25. The Morgan fingerprint density at radius 3 is 2.55 bits per heavy atom. The molecule has 1 saturated heterocycles. The lowest BCUT2D eigenvalue weighted by Crippen LogP contribution is -2.43. The van der Waals surface area contributed by atoms with Crippen LogP contribution in [0.3, 0.4) is 0 Å². The average molecular weight is 447 g/mol. The Hall–Kier alpha value is -2.91. The van der Waals surface area contributed by atoms with Crippen molar-refractivity contribution in [3.63, 3.8) is 0 Å². The fourth-order valence-electron chi connectivity index (χ4n) is 3.56. The molecule has 166 valence electrons. The van der Waals surface area contributed by atoms with Crippen molar-refractivity contribution in [2.45, 2.75) is 24.7 Å². The van der Waals surface area contributed by atoms with Crippen LogP contribution >= 0.6 is 0 Å². The maximum atomic E-state index is 13.3. The standard InChI is InChI=1S/C22H26N2O6S/c1-15(25)16-6-4-8-18(12-16)23-22(26)17-7-5-11-24(14-17)31(27,28)21-13-19(29-2)9-10-20(21)30-3/h4,6,8-10,12-13,17H,5,7,11,14H2,1-3H3,(H,23,26). The van der Waals surface area contributed by atoms with Crippen LogP contribution in [0.1, 0.15) is 30.1 Å². The Balaban J connectivity index is 1.79. The number of carbonyl (C=O) groups excluding carboxylic acids is 2. The summed E-state index contributed by atoms with van der Waals surface area (Å²) in [5, 5.41) is 2.80. The van der Waals surface area contributed by atoms with Gasteiger partial charge in [-0.15, -0.1) is 0 Å². The van der Waals surface area contributed by atoms with E-state index in [9.17, 15) is 18.0 Å². The second kappa shape index (κ2) is 9.49. The van der Waals surface area contributed by atoms with Crippen molar-refractivity contribution >= 4 is 27.4 Å². The summed E-state index contributed by atoms with van der Waals surface area (Å²) in [5.41, 5.74) is 1.00. The lowest BCUT2D eigenvalue weighted by atomic mass is 9.98. The number of benzene rings is 2. The van der Waals surface area contributed by atoms with E-state index in [2.05, 4.69) is 5.32 Å². The summed E-state index contributed by atoms with van der Waals surface area (Å²) in [4.78, 5) is 24.4. The van der Waals surface area contributed by atoms with Crippen molar-refractivity contribution in [1.82, 2.24) is 4.31 Å². The van der Waals surface area contributed by atoms with Gasteiger partial charge in [-0.2, -0.15) is 4.31 Å². The van der Waals surface area contributed by atoms with Crippen molar-refractivity contribution in [3.05, 3.63) is 48.0 Å². The molecule has 0 aromatic heterocycles. The zero-order valence-corrected chi connectivity index (χ0v) is 18.6. The Labute approximate surface area is 182 Å². The monoisotopic (exact) mass is 446 g/mol. The largest absolute Gasteiger partial charge is 0.497 e. The topological polar surface area (TPSA) is 102 Å². The van der Waals surface area contributed by atoms with Gasteiger partial charge in [0.1, 0.15) is 16.4 Å². The van der Waals surface area contributed by atoms with Gasteiger partial charge in [0, 0.05) is 30.4 Å². The molecule has 1 atom stereocenters. The summed E-state index contributed by atoms with van der Waals surface area (Å²) in [6.07, 6.45) is 1.12. The molecule has 3 rings (SSSR count). The van der Waals surface area contributed by atoms with Crippen LogP contribution in [0.25, 0.3) is 0 Å². The van der Waals surface area contributed by atoms with Crippen LogP contribution in [0.15, 0.2) is 47.4 Å². The normalized spacial score (nSPS) is 17.1. The zero-order valence-electron chi connectivity index (χ0n) is 17.8. The zero-order chi connectivity index (χ0) is 22.6. The van der Waals surface area contributed by atoms with Gasteiger partial charge >= 0.3 is 0 Å². The molecule has 1 unspecified atom stereocenters. The third-order valence-electron chi connectivity index (χ3n) is 5.28. The summed E-state index contributed by atoms with van der Waals surface area (Å²) in [6.45, 7) is 1.82. The second-order valence-electron chi connectivity index (χ2n) is 7.35. The van der Waals surface area contributed by atoms with Gasteiger partial charge in [-0.3, -0.25) is 9.59 Å². The molecule has 2 aromatic carbocycles. The predicted molar refractivity (Wildman–Crippen MR) is 116 cm³/mol. The minimum Gasteiger partial charge on any atom is -0.497 e. The maximum absolute atomic E-state index is 13.3. The molecule has 1 amide bonds. The van der Waals surface area contributed by atoms with Gasteiger partial charge in [0.25, 0.3) is 0 Å². The quantitative estimate of drug-likeness (QED) is 0.656. The Kier molecular flexibility index (Phi) is 6.97. The van der Waals surface area contributed by atoms with E-state index >= 15 is 0 Å². The van der Waals surface area contributed by atoms with E-state index in [0.29, 0.717) is 36.4 Å². The van der Waals surface area contributed by atoms with Crippen LogP contribution < -0.4 is 14.8 Å². The van der Waals surface area contributed by atoms with Crippen molar-refractivity contribution in [2.75, 3.05) is 32.6 Å². The molecule has 0 spiro atoms. The molecular weight excluding hydrogens is 420 g/mol. The number of ether oxygens (including phenoxy) is 2. The number of nitrogens with zero attached hydrogens (tertiary/aromatic N) is 1. The number of ketones is 1. The van der Waals surface area contributed by atoms with E-state index in [1.165, 1.54) is 31.5 Å². The van der Waals surface area contributed by atoms with Gasteiger partial charge < -0.3 is 14.8 Å². The third kappa shape index (κ3) is 5.05. The van der Waals surface area contributed by atoms with Crippen molar-refractivity contribution in [2.24, 2.45) is 5.92 Å². The number of hydrogen-bond acceptors (Lipinski definition) is 6. The number of anilines is 1. The van der Waals surface area contributed by atoms with E-state index in [0.717, 1.165) is 0 Å². The van der Waals surface area contributed by atoms with Gasteiger partial charge in [0.2, 0.25) is 15.9 Å². The minimum absolute atomic E-state index is 0.00423. The van der Waals surface area contributed by atoms with Gasteiger partial charge in [-0.1, -0.05) is 12.1 Å². The minimum atomic E-state index is -3.89. The summed E-state index contributed by atoms with van der Waals surface area (Å²) in [6, 6.07) is 11.3. The SMILES string of the molecule is COc1ccc(OC)c(S(=O)(=O)N2CCCC(C(=O)Nc3cccc(C(C)=O)c3)C2)c1. The molecule has 0 bridgehead atoms. The van der Waals surface area contributed by atoms with Crippen LogP contribution in [0.4, 0.5) is 5.69 Å². The first-order chi connectivity index (χ1) is 14.8. The summed E-state index contributed by atoms with van der Waals surface area (Å²) in [7, 11) is -1.03. The number of hydrogen-bond donors (Lipinski definition) is 1. The first kappa shape index (κ1) is 22.8. The van der Waals surface area contributed by atoms with E-state index in [1.54, 1.807) is 36.4 Å². The van der Waals surface area contributed by atoms with Gasteiger partial charge in [0.15, 0.2) is 5.78 Å². The van der Waals surface area contributed by atoms with E-state index < -0.39 is 15.9 Å². The van der Waals surface area contributed by atoms with Crippen molar-refractivity contribution in [1.29, 1.82) is 0 Å². The molecule has 1 aliphatic rings. The lowest BCUT2D eigenvalue weighted by molar-refractivity contribution is -0.120. The molecule has 1 heterocycles. The van der Waals surface area contributed by atoms with Crippen LogP contribution in [-0.2, 0) is 14.8 Å². The molecule has 31 heavy (non-hydrogen) atoms. The third-order valence-corrected chi connectivity index (χ3v) is 7.17. The number of rotatable bonds is 7. The molecule has 2 aromatic rings. The number of Topliss-reactive ketones (excluding diaryl/α,β-unsaturated/α-hetero) is 1. The van der Waals surface area contributed by atoms with Crippen LogP contribution in [0, 0.1) is 5.92 Å². The second-order valence-corrected chi connectivity index (χ2v) is 9.25. The Bertz CT molecular complexity index is 1080. The van der Waals surface area contributed by atoms with E-state index in [-0.39, 0.29) is 28.9 Å². The molecule has 1 N–H and O–H groups in total. The molecular formula is C22H26N2O6S. The smallest absolute Gasteiger partial charge is 0.246 e. The Morgan fingerprint density at radius 1 is 1.10 bits per heavy atom. The fraction of sp³-hybridized carbons (Fsp3) is 0.364. The number of carbonyl (C=O) groups is 2. The Morgan fingerprint density at radius 2 is 1.87 bits per heavy atom. The van der Waals surface area contributed by atoms with Crippen molar-refractivity contribution < 1.29 is 27.5 Å². The van der Waals surface area contributed by atoms with Gasteiger partial charge in [0.05, 0.1) is 20.1 Å².